The van der Waals surface area contributed by atoms with Crippen LogP contribution in [0.15, 0.2) is 30.3 Å². The molecule has 31 heavy (non-hydrogen) atoms. The molecule has 10 nitrogen and oxygen atoms in total. The van der Waals surface area contributed by atoms with Crippen molar-refractivity contribution >= 4 is 11.9 Å². The lowest BCUT2D eigenvalue weighted by Crippen LogP contribution is -2.53. The van der Waals surface area contributed by atoms with Gasteiger partial charge < -0.3 is 29.7 Å². The third-order valence-corrected chi connectivity index (χ3v) is 5.61. The van der Waals surface area contributed by atoms with E-state index in [-0.39, 0.29) is 18.1 Å². The molecule has 0 aliphatic carbocycles. The number of rotatable bonds is 6. The highest BCUT2D eigenvalue weighted by molar-refractivity contribution is 5.94. The van der Waals surface area contributed by atoms with E-state index in [0.717, 1.165) is 19.4 Å². The molecule has 0 atom stereocenters. The predicted molar refractivity (Wildman–Crippen MR) is 113 cm³/mol. The first-order valence-electron chi connectivity index (χ1n) is 10.1. The number of methoxy groups -OCH3 is 2. The second-order valence-electron chi connectivity index (χ2n) is 7.61. The zero-order valence-corrected chi connectivity index (χ0v) is 17.6. The van der Waals surface area contributed by atoms with Crippen molar-refractivity contribution in [3.63, 3.8) is 0 Å². The minimum Gasteiger partial charge on any atom is -0.486 e. The van der Waals surface area contributed by atoms with Crippen molar-refractivity contribution in [1.82, 2.24) is 25.5 Å². The van der Waals surface area contributed by atoms with E-state index in [1.54, 1.807) is 30.3 Å². The molecule has 0 unspecified atom stereocenters. The van der Waals surface area contributed by atoms with Crippen molar-refractivity contribution in [2.45, 2.75) is 25.0 Å². The normalized spacial score (nSPS) is 17.1. The minimum absolute atomic E-state index is 0.00305. The molecule has 2 aromatic rings. The molecular formula is C21H26N6O4. The van der Waals surface area contributed by atoms with Gasteiger partial charge in [0.15, 0.2) is 11.8 Å². The summed E-state index contributed by atoms with van der Waals surface area (Å²) in [7, 11) is 3.05. The Hall–Kier alpha value is -3.56. The number of hydrogen-bond acceptors (Lipinski definition) is 7. The fraction of sp³-hybridized carbons (Fsp3) is 0.429. The molecule has 0 saturated carbocycles. The average molecular weight is 426 g/mol. The summed E-state index contributed by atoms with van der Waals surface area (Å²) in [4.78, 5) is 23.2. The first kappa shape index (κ1) is 20.7. The third-order valence-electron chi connectivity index (χ3n) is 5.61. The zero-order chi connectivity index (χ0) is 21.8. The highest BCUT2D eigenvalue weighted by Crippen LogP contribution is 2.25. The van der Waals surface area contributed by atoms with Crippen LogP contribution in [-0.2, 0) is 6.61 Å². The number of nitrogens with zero attached hydrogens (tertiary/aromatic N) is 3. The van der Waals surface area contributed by atoms with Gasteiger partial charge in [0, 0.05) is 25.2 Å². The van der Waals surface area contributed by atoms with Gasteiger partial charge in [-0.2, -0.15) is 9.97 Å². The Bertz CT molecular complexity index is 935. The highest BCUT2D eigenvalue weighted by Gasteiger charge is 2.40. The van der Waals surface area contributed by atoms with Crippen LogP contribution in [0.3, 0.4) is 0 Å². The Morgan fingerprint density at radius 2 is 1.77 bits per heavy atom. The molecule has 1 amide bonds. The van der Waals surface area contributed by atoms with E-state index in [1.165, 1.54) is 14.2 Å². The second-order valence-corrected chi connectivity index (χ2v) is 7.61. The third kappa shape index (κ3) is 4.62. The summed E-state index contributed by atoms with van der Waals surface area (Å²) in [6.45, 7) is 2.20. The first-order valence-corrected chi connectivity index (χ1v) is 10.1. The Labute approximate surface area is 180 Å². The molecule has 1 aromatic carbocycles. The van der Waals surface area contributed by atoms with Gasteiger partial charge in [0.05, 0.1) is 25.8 Å². The van der Waals surface area contributed by atoms with Crippen LogP contribution in [0.4, 0.5) is 0 Å². The van der Waals surface area contributed by atoms with Gasteiger partial charge >= 0.3 is 0 Å². The maximum absolute atomic E-state index is 12.9. The van der Waals surface area contributed by atoms with E-state index < -0.39 is 0 Å². The number of likely N-dealkylation sites (tertiary alicyclic amines) is 1. The molecule has 2 aliphatic rings. The lowest BCUT2D eigenvalue weighted by Gasteiger charge is -2.38. The predicted octanol–water partition coefficient (Wildman–Crippen LogP) is 1.18. The standard InChI is InChI=1S/C21H26N6O4/c1-29-17-11-18(30-2)25-16(24-17)12-31-15-5-3-14(4-6-15)19(28)27-9-7-21(8-10-27)13-23-20(22)26-21/h3-6,11H,7-10,12-13H2,1-2H3,(H3,22,23,26). The molecule has 1 spiro atoms. The van der Waals surface area contributed by atoms with E-state index in [9.17, 15) is 4.79 Å². The lowest BCUT2D eigenvalue weighted by molar-refractivity contribution is 0.0669. The molecule has 3 heterocycles. The molecule has 0 bridgehead atoms. The summed E-state index contributed by atoms with van der Waals surface area (Å²) in [6, 6.07) is 8.65. The minimum atomic E-state index is -0.101. The van der Waals surface area contributed by atoms with Gasteiger partial charge in [0.2, 0.25) is 11.8 Å². The Morgan fingerprint density at radius 1 is 1.13 bits per heavy atom. The van der Waals surface area contributed by atoms with Gasteiger partial charge in [-0.15, -0.1) is 0 Å². The van der Waals surface area contributed by atoms with Crippen LogP contribution in [0.2, 0.25) is 0 Å². The molecule has 0 radical (unpaired) electrons. The Balaban J connectivity index is 1.33. The van der Waals surface area contributed by atoms with Crippen LogP contribution in [0.5, 0.6) is 17.5 Å². The Kier molecular flexibility index (Phi) is 5.79. The van der Waals surface area contributed by atoms with Crippen LogP contribution >= 0.6 is 0 Å². The molecule has 2 saturated heterocycles. The van der Waals surface area contributed by atoms with Gasteiger partial charge in [-0.25, -0.2) is 0 Å². The maximum atomic E-state index is 12.9. The van der Waals surface area contributed by atoms with Crippen molar-refractivity contribution in [3.8, 4) is 17.5 Å². The van der Waals surface area contributed by atoms with Gasteiger partial charge in [-0.3, -0.25) is 10.2 Å². The molecular weight excluding hydrogens is 400 g/mol. The molecule has 4 rings (SSSR count). The number of nitrogens with one attached hydrogen (secondary N) is 3. The first-order chi connectivity index (χ1) is 15.0. The number of ether oxygens (including phenoxy) is 3. The molecule has 2 aliphatic heterocycles. The van der Waals surface area contributed by atoms with Crippen molar-refractivity contribution in [3.05, 3.63) is 41.7 Å². The fourth-order valence-electron chi connectivity index (χ4n) is 3.80. The van der Waals surface area contributed by atoms with Crippen LogP contribution in [0.1, 0.15) is 29.0 Å². The SMILES string of the molecule is COc1cc(OC)nc(COc2ccc(C(=O)N3CCC4(CC3)CNC(=N)N4)cc2)n1. The van der Waals surface area contributed by atoms with Gasteiger partial charge in [0.1, 0.15) is 12.4 Å². The van der Waals surface area contributed by atoms with Crippen molar-refractivity contribution in [2.24, 2.45) is 0 Å². The van der Waals surface area contributed by atoms with Gasteiger partial charge in [-0.05, 0) is 37.1 Å². The number of piperidine rings is 1. The quantitative estimate of drug-likeness (QED) is 0.629. The monoisotopic (exact) mass is 426 g/mol. The largest absolute Gasteiger partial charge is 0.486 e. The average Bonchev–Trinajstić information content (AvgIpc) is 3.17. The van der Waals surface area contributed by atoms with Crippen LogP contribution in [-0.4, -0.2) is 66.1 Å². The summed E-state index contributed by atoms with van der Waals surface area (Å²) in [5, 5.41) is 13.9. The van der Waals surface area contributed by atoms with Crippen LogP contribution in [0, 0.1) is 5.41 Å². The summed E-state index contributed by atoms with van der Waals surface area (Å²) < 4.78 is 16.0. The second kappa shape index (κ2) is 8.66. The van der Waals surface area contributed by atoms with Crippen LogP contribution < -0.4 is 24.8 Å². The van der Waals surface area contributed by atoms with Crippen molar-refractivity contribution < 1.29 is 19.0 Å². The van der Waals surface area contributed by atoms with E-state index in [1.807, 2.05) is 4.90 Å². The number of benzene rings is 1. The number of carbonyl (C=O) groups excluding carboxylic acids is 1. The molecule has 164 valence electrons. The Morgan fingerprint density at radius 3 is 2.32 bits per heavy atom. The zero-order valence-electron chi connectivity index (χ0n) is 17.6. The van der Waals surface area contributed by atoms with Crippen molar-refractivity contribution in [2.75, 3.05) is 33.9 Å². The number of carbonyl (C=O) groups is 1. The number of aromatic nitrogens is 2. The summed E-state index contributed by atoms with van der Waals surface area (Å²) >= 11 is 0. The fourth-order valence-corrected chi connectivity index (χ4v) is 3.80. The summed E-state index contributed by atoms with van der Waals surface area (Å²) in [5.41, 5.74) is 0.518. The number of guanidine groups is 1. The smallest absolute Gasteiger partial charge is 0.253 e. The molecule has 10 heteroatoms. The van der Waals surface area contributed by atoms with E-state index in [0.29, 0.717) is 47.9 Å². The highest BCUT2D eigenvalue weighted by atomic mass is 16.5. The number of hydrogen-bond donors (Lipinski definition) is 3. The lowest BCUT2D eigenvalue weighted by atomic mass is 9.88. The van der Waals surface area contributed by atoms with E-state index >= 15 is 0 Å². The van der Waals surface area contributed by atoms with Crippen LogP contribution in [0.25, 0.3) is 0 Å². The summed E-state index contributed by atoms with van der Waals surface area (Å²) in [5.74, 6) is 2.21. The molecule has 2 fully saturated rings. The summed E-state index contributed by atoms with van der Waals surface area (Å²) in [6.07, 6.45) is 1.64. The maximum Gasteiger partial charge on any atom is 0.253 e. The van der Waals surface area contributed by atoms with Crippen molar-refractivity contribution in [1.29, 1.82) is 5.41 Å². The van der Waals surface area contributed by atoms with E-state index in [4.69, 9.17) is 19.6 Å². The van der Waals surface area contributed by atoms with Gasteiger partial charge in [-0.1, -0.05) is 0 Å². The van der Waals surface area contributed by atoms with E-state index in [2.05, 4.69) is 20.6 Å². The van der Waals surface area contributed by atoms with Gasteiger partial charge in [0.25, 0.3) is 5.91 Å². The topological polar surface area (TPSA) is 122 Å². The number of amides is 1. The molecule has 1 aromatic heterocycles. The molecule has 3 N–H and O–H groups in total.